The number of Topliss-reactive ketones (excluding diaryl/α,β-unsaturated/α-hetero) is 1. The Balaban J connectivity index is 1.72. The number of fused-ring (bicyclic) bond motifs is 1. The topological polar surface area (TPSA) is 78.9 Å². The van der Waals surface area contributed by atoms with Gasteiger partial charge >= 0.3 is 5.97 Å². The smallest absolute Gasteiger partial charge is 0.332 e. The number of carbonyl (C=O) groups is 2. The minimum absolute atomic E-state index is 0.0135. The number of rotatable bonds is 1. The molecule has 2 saturated heterocycles. The minimum atomic E-state index is -0.938. The van der Waals surface area contributed by atoms with Crippen molar-refractivity contribution in [3.05, 3.63) is 29.8 Å². The van der Waals surface area contributed by atoms with Gasteiger partial charge in [0.2, 0.25) is 0 Å². The maximum Gasteiger partial charge on any atom is 0.332 e. The molecule has 27 heavy (non-hydrogen) atoms. The number of nitrogens with zero attached hydrogens (tertiary/aromatic N) is 1. The summed E-state index contributed by atoms with van der Waals surface area (Å²) in [7, 11) is 1.43. The third-order valence-electron chi connectivity index (χ3n) is 8.48. The van der Waals surface area contributed by atoms with E-state index in [-0.39, 0.29) is 23.7 Å². The molecule has 6 rings (SSSR count). The van der Waals surface area contributed by atoms with Crippen molar-refractivity contribution >= 4 is 17.4 Å². The Kier molecular flexibility index (Phi) is 2.82. The fraction of sp³-hybridized carbons (Fsp3) is 0.619. The van der Waals surface area contributed by atoms with E-state index in [1.807, 2.05) is 18.2 Å². The Morgan fingerprint density at radius 3 is 2.96 bits per heavy atom. The Hall–Kier alpha value is -1.92. The average molecular weight is 368 g/mol. The van der Waals surface area contributed by atoms with Gasteiger partial charge in [-0.3, -0.25) is 9.69 Å². The molecular formula is C21H24N2O4. The van der Waals surface area contributed by atoms with Crippen LogP contribution in [0.1, 0.15) is 31.2 Å². The van der Waals surface area contributed by atoms with Gasteiger partial charge in [-0.05, 0) is 30.9 Å². The van der Waals surface area contributed by atoms with E-state index < -0.39 is 22.5 Å². The number of hydrogen-bond donors (Lipinski definition) is 2. The van der Waals surface area contributed by atoms with E-state index in [2.05, 4.69) is 16.3 Å². The van der Waals surface area contributed by atoms with Gasteiger partial charge in [0.1, 0.15) is 11.3 Å². The largest absolute Gasteiger partial charge is 0.467 e. The number of ether oxygens (including phenoxy) is 1. The number of anilines is 1. The van der Waals surface area contributed by atoms with Crippen molar-refractivity contribution in [1.82, 2.24) is 4.90 Å². The van der Waals surface area contributed by atoms with E-state index in [4.69, 9.17) is 4.74 Å². The molecule has 1 aromatic carbocycles. The first-order valence-corrected chi connectivity index (χ1v) is 9.92. The van der Waals surface area contributed by atoms with Crippen LogP contribution in [0.15, 0.2) is 24.3 Å². The molecular weight excluding hydrogens is 344 g/mol. The van der Waals surface area contributed by atoms with Gasteiger partial charge in [-0.25, -0.2) is 4.79 Å². The normalized spacial score (nSPS) is 46.4. The predicted octanol–water partition coefficient (Wildman–Crippen LogP) is 1.08. The summed E-state index contributed by atoms with van der Waals surface area (Å²) in [6, 6.07) is 8.01. The molecule has 0 aromatic heterocycles. The summed E-state index contributed by atoms with van der Waals surface area (Å²) in [5.74, 6) is -0.327. The van der Waals surface area contributed by atoms with Crippen LogP contribution >= 0.6 is 0 Å². The molecule has 0 amide bonds. The van der Waals surface area contributed by atoms with Crippen molar-refractivity contribution in [1.29, 1.82) is 0 Å². The monoisotopic (exact) mass is 368 g/mol. The zero-order chi connectivity index (χ0) is 18.6. The lowest BCUT2D eigenvalue weighted by Crippen LogP contribution is -2.78. The fourth-order valence-electron chi connectivity index (χ4n) is 7.73. The van der Waals surface area contributed by atoms with E-state index >= 15 is 0 Å². The number of benzene rings is 1. The van der Waals surface area contributed by atoms with E-state index in [0.29, 0.717) is 32.2 Å². The van der Waals surface area contributed by atoms with Crippen molar-refractivity contribution in [2.45, 2.75) is 48.8 Å². The summed E-state index contributed by atoms with van der Waals surface area (Å²) in [5.41, 5.74) is -0.0731. The highest BCUT2D eigenvalue weighted by Gasteiger charge is 2.82. The van der Waals surface area contributed by atoms with Gasteiger partial charge in [-0.15, -0.1) is 0 Å². The summed E-state index contributed by atoms with van der Waals surface area (Å²) < 4.78 is 5.32. The molecule has 1 unspecified atom stereocenters. The maximum absolute atomic E-state index is 13.4. The van der Waals surface area contributed by atoms with Crippen LogP contribution in [0.5, 0.6) is 0 Å². The van der Waals surface area contributed by atoms with Crippen LogP contribution in [-0.4, -0.2) is 59.6 Å². The number of aliphatic hydroxyl groups is 1. The molecule has 0 radical (unpaired) electrons. The van der Waals surface area contributed by atoms with Gasteiger partial charge in [0.15, 0.2) is 0 Å². The second-order valence-corrected chi connectivity index (χ2v) is 9.07. The first-order valence-electron chi connectivity index (χ1n) is 9.92. The summed E-state index contributed by atoms with van der Waals surface area (Å²) >= 11 is 0. The average Bonchev–Trinajstić information content (AvgIpc) is 3.16. The SMILES string of the molecule is COC(=O)[C@]12CC[C@@]34CC(=O)C5CN(CC[C@@H]3O)[C@H]4[C@@]51c1ccccc1N2. The number of ketones is 1. The van der Waals surface area contributed by atoms with Gasteiger partial charge in [-0.1, -0.05) is 18.2 Å². The van der Waals surface area contributed by atoms with Gasteiger partial charge in [-0.2, -0.15) is 0 Å². The third kappa shape index (κ3) is 1.45. The highest BCUT2D eigenvalue weighted by atomic mass is 16.5. The number of para-hydroxylation sites is 1. The van der Waals surface area contributed by atoms with E-state index in [1.54, 1.807) is 0 Å². The Morgan fingerprint density at radius 1 is 1.33 bits per heavy atom. The van der Waals surface area contributed by atoms with Gasteiger partial charge in [0.05, 0.1) is 18.6 Å². The van der Waals surface area contributed by atoms with Crippen LogP contribution < -0.4 is 5.32 Å². The molecule has 4 fully saturated rings. The van der Waals surface area contributed by atoms with Crippen LogP contribution in [-0.2, 0) is 19.7 Å². The highest BCUT2D eigenvalue weighted by molar-refractivity contribution is 5.98. The van der Waals surface area contributed by atoms with Crippen LogP contribution in [0.4, 0.5) is 5.69 Å². The number of aliphatic hydroxyl groups excluding tert-OH is 1. The molecule has 1 spiro atoms. The standard InChI is InChI=1S/C21H24N2O4/c1-27-18(26)20-8-7-19-10-15(24)13-11-23(9-6-16(19)25)17(19)21(13,20)12-4-2-3-5-14(12)22-20/h2-5,13,16-17,22,25H,6-11H2,1H3/t13?,16-,17+,19+,20+,21+/m0/s1. The predicted molar refractivity (Wildman–Crippen MR) is 97.3 cm³/mol. The molecule has 1 aromatic rings. The molecule has 6 nitrogen and oxygen atoms in total. The lowest BCUT2D eigenvalue weighted by molar-refractivity contribution is -0.178. The number of carbonyl (C=O) groups excluding carboxylic acids is 2. The van der Waals surface area contributed by atoms with E-state index in [9.17, 15) is 14.7 Å². The number of hydrogen-bond acceptors (Lipinski definition) is 6. The number of nitrogens with one attached hydrogen (secondary N) is 1. The van der Waals surface area contributed by atoms with Crippen LogP contribution in [0.2, 0.25) is 0 Å². The Morgan fingerprint density at radius 2 is 2.15 bits per heavy atom. The van der Waals surface area contributed by atoms with Crippen molar-refractivity contribution in [3.63, 3.8) is 0 Å². The quantitative estimate of drug-likeness (QED) is 0.723. The van der Waals surface area contributed by atoms with Crippen LogP contribution in [0.25, 0.3) is 0 Å². The second-order valence-electron chi connectivity index (χ2n) is 9.07. The molecule has 5 aliphatic rings. The van der Waals surface area contributed by atoms with Crippen molar-refractivity contribution in [2.75, 3.05) is 25.5 Å². The molecule has 6 atom stereocenters. The highest BCUT2D eigenvalue weighted by Crippen LogP contribution is 2.72. The zero-order valence-corrected chi connectivity index (χ0v) is 15.4. The maximum atomic E-state index is 13.4. The first-order chi connectivity index (χ1) is 13.0. The summed E-state index contributed by atoms with van der Waals surface area (Å²) in [5, 5.41) is 14.6. The summed E-state index contributed by atoms with van der Waals surface area (Å²) in [6.45, 7) is 1.45. The van der Waals surface area contributed by atoms with E-state index in [0.717, 1.165) is 17.8 Å². The second kappa shape index (κ2) is 4.73. The van der Waals surface area contributed by atoms with Crippen LogP contribution in [0.3, 0.4) is 0 Å². The zero-order valence-electron chi connectivity index (χ0n) is 15.4. The first kappa shape index (κ1) is 16.1. The summed E-state index contributed by atoms with van der Waals surface area (Å²) in [6.07, 6.45) is 1.88. The van der Waals surface area contributed by atoms with Crippen molar-refractivity contribution < 1.29 is 19.4 Å². The molecule has 6 heteroatoms. The lowest BCUT2D eigenvalue weighted by Gasteiger charge is -2.65. The third-order valence-corrected chi connectivity index (χ3v) is 8.48. The Bertz CT molecular complexity index is 887. The van der Waals surface area contributed by atoms with Crippen molar-refractivity contribution in [3.8, 4) is 0 Å². The lowest BCUT2D eigenvalue weighted by atomic mass is 9.41. The van der Waals surface area contributed by atoms with Gasteiger partial charge < -0.3 is 15.2 Å². The number of esters is 1. The van der Waals surface area contributed by atoms with E-state index in [1.165, 1.54) is 7.11 Å². The molecule has 3 heterocycles. The van der Waals surface area contributed by atoms with Crippen molar-refractivity contribution in [2.24, 2.45) is 11.3 Å². The van der Waals surface area contributed by atoms with Gasteiger partial charge in [0, 0.05) is 42.6 Å². The van der Waals surface area contributed by atoms with Gasteiger partial charge in [0.25, 0.3) is 0 Å². The molecule has 4 bridgehead atoms. The number of methoxy groups -OCH3 is 1. The fourth-order valence-corrected chi connectivity index (χ4v) is 7.73. The molecule has 2 saturated carbocycles. The number of piperidine rings is 1. The molecule has 2 N–H and O–H groups in total. The summed E-state index contributed by atoms with van der Waals surface area (Å²) in [4.78, 5) is 29.1. The van der Waals surface area contributed by atoms with Crippen LogP contribution in [0, 0.1) is 11.3 Å². The molecule has 142 valence electrons. The Labute approximate surface area is 157 Å². The minimum Gasteiger partial charge on any atom is -0.467 e. The molecule has 3 aliphatic heterocycles. The molecule has 2 aliphatic carbocycles.